The Morgan fingerprint density at radius 1 is 1.24 bits per heavy atom. The van der Waals surface area contributed by atoms with E-state index in [2.05, 4.69) is 14.9 Å². The molecule has 0 aliphatic heterocycles. The van der Waals surface area contributed by atoms with Crippen molar-refractivity contribution in [2.24, 2.45) is 0 Å². The fourth-order valence-electron chi connectivity index (χ4n) is 1.53. The highest BCUT2D eigenvalue weighted by atomic mass is 16.5. The molecule has 0 aliphatic carbocycles. The molecule has 0 radical (unpaired) electrons. The quantitative estimate of drug-likeness (QED) is 0.820. The smallest absolute Gasteiger partial charge is 0.341 e. The lowest BCUT2D eigenvalue weighted by Gasteiger charge is -2.03. The Balaban J connectivity index is 2.39. The lowest BCUT2D eigenvalue weighted by atomic mass is 10.1. The molecular weight excluding hydrogens is 220 g/mol. The highest BCUT2D eigenvalue weighted by Crippen LogP contribution is 2.23. The Morgan fingerprint density at radius 3 is 2.53 bits per heavy atom. The van der Waals surface area contributed by atoms with E-state index in [4.69, 9.17) is 4.74 Å². The number of hydrogen-bond donors (Lipinski definition) is 1. The summed E-state index contributed by atoms with van der Waals surface area (Å²) in [6.07, 6.45) is 1.45. The molecule has 5 heteroatoms. The SMILES string of the molecule is COC(=O)c1cn[nH]c1-c1ccc(OC)cc1. The average Bonchev–Trinajstić information content (AvgIpc) is 2.87. The van der Waals surface area contributed by atoms with Gasteiger partial charge in [0.1, 0.15) is 11.3 Å². The van der Waals surface area contributed by atoms with Crippen molar-refractivity contribution in [2.75, 3.05) is 14.2 Å². The van der Waals surface area contributed by atoms with Crippen molar-refractivity contribution in [3.05, 3.63) is 36.0 Å². The van der Waals surface area contributed by atoms with Crippen LogP contribution in [0.5, 0.6) is 5.75 Å². The van der Waals surface area contributed by atoms with Crippen LogP contribution in [0.1, 0.15) is 10.4 Å². The van der Waals surface area contributed by atoms with Crippen LogP contribution in [0.2, 0.25) is 0 Å². The number of aromatic nitrogens is 2. The number of carbonyl (C=O) groups excluding carboxylic acids is 1. The zero-order valence-electron chi connectivity index (χ0n) is 9.56. The van der Waals surface area contributed by atoms with Gasteiger partial charge in [0.2, 0.25) is 0 Å². The molecule has 1 heterocycles. The fourth-order valence-corrected chi connectivity index (χ4v) is 1.53. The summed E-state index contributed by atoms with van der Waals surface area (Å²) in [6.45, 7) is 0. The van der Waals surface area contributed by atoms with E-state index in [1.54, 1.807) is 7.11 Å². The van der Waals surface area contributed by atoms with Gasteiger partial charge in [0, 0.05) is 5.56 Å². The van der Waals surface area contributed by atoms with Crippen molar-refractivity contribution < 1.29 is 14.3 Å². The molecule has 0 aliphatic rings. The zero-order chi connectivity index (χ0) is 12.3. The maximum atomic E-state index is 11.5. The summed E-state index contributed by atoms with van der Waals surface area (Å²) < 4.78 is 9.75. The second-order valence-corrected chi connectivity index (χ2v) is 3.38. The molecule has 88 valence electrons. The van der Waals surface area contributed by atoms with Crippen LogP contribution in [0.3, 0.4) is 0 Å². The van der Waals surface area contributed by atoms with E-state index in [0.717, 1.165) is 11.3 Å². The Morgan fingerprint density at radius 2 is 1.94 bits per heavy atom. The predicted octanol–water partition coefficient (Wildman–Crippen LogP) is 1.87. The molecule has 0 saturated carbocycles. The molecule has 0 atom stereocenters. The number of rotatable bonds is 3. The number of nitrogens with zero attached hydrogens (tertiary/aromatic N) is 1. The van der Waals surface area contributed by atoms with Crippen LogP contribution in [0.25, 0.3) is 11.3 Å². The highest BCUT2D eigenvalue weighted by molar-refractivity contribution is 5.95. The second kappa shape index (κ2) is 4.69. The van der Waals surface area contributed by atoms with Crippen LogP contribution in [0.4, 0.5) is 0 Å². The van der Waals surface area contributed by atoms with E-state index in [1.165, 1.54) is 13.3 Å². The van der Waals surface area contributed by atoms with Gasteiger partial charge in [-0.2, -0.15) is 5.10 Å². The molecule has 0 spiro atoms. The van der Waals surface area contributed by atoms with Gasteiger partial charge in [0.25, 0.3) is 0 Å². The van der Waals surface area contributed by atoms with Crippen molar-refractivity contribution in [3.63, 3.8) is 0 Å². The number of ether oxygens (including phenoxy) is 2. The lowest BCUT2D eigenvalue weighted by molar-refractivity contribution is 0.0601. The Bertz CT molecular complexity index is 517. The van der Waals surface area contributed by atoms with Crippen molar-refractivity contribution in [3.8, 4) is 17.0 Å². The van der Waals surface area contributed by atoms with Gasteiger partial charge in [0.15, 0.2) is 0 Å². The summed E-state index contributed by atoms with van der Waals surface area (Å²) in [5.41, 5.74) is 1.90. The standard InChI is InChI=1S/C12H12N2O3/c1-16-9-5-3-8(4-6-9)11-10(7-13-14-11)12(15)17-2/h3-7H,1-2H3,(H,13,14). The summed E-state index contributed by atoms with van der Waals surface area (Å²) in [6, 6.07) is 7.33. The summed E-state index contributed by atoms with van der Waals surface area (Å²) in [4.78, 5) is 11.5. The molecular formula is C12H12N2O3. The van der Waals surface area contributed by atoms with Gasteiger partial charge in [0.05, 0.1) is 26.1 Å². The van der Waals surface area contributed by atoms with E-state index in [0.29, 0.717) is 11.3 Å². The molecule has 0 saturated heterocycles. The Kier molecular flexibility index (Phi) is 3.09. The van der Waals surface area contributed by atoms with Crippen LogP contribution < -0.4 is 4.74 Å². The van der Waals surface area contributed by atoms with Crippen molar-refractivity contribution >= 4 is 5.97 Å². The fraction of sp³-hybridized carbons (Fsp3) is 0.167. The first-order chi connectivity index (χ1) is 8.26. The normalized spacial score (nSPS) is 10.0. The maximum Gasteiger partial charge on any atom is 0.341 e. The minimum Gasteiger partial charge on any atom is -0.497 e. The van der Waals surface area contributed by atoms with Gasteiger partial charge in [-0.25, -0.2) is 4.79 Å². The van der Waals surface area contributed by atoms with E-state index in [-0.39, 0.29) is 0 Å². The lowest BCUT2D eigenvalue weighted by Crippen LogP contribution is -2.01. The summed E-state index contributed by atoms with van der Waals surface area (Å²) in [7, 11) is 2.94. The van der Waals surface area contributed by atoms with Crippen LogP contribution in [0.15, 0.2) is 30.5 Å². The van der Waals surface area contributed by atoms with E-state index < -0.39 is 5.97 Å². The van der Waals surface area contributed by atoms with Crippen LogP contribution in [-0.4, -0.2) is 30.4 Å². The van der Waals surface area contributed by atoms with Crippen LogP contribution in [0, 0.1) is 0 Å². The minimum atomic E-state index is -0.412. The van der Waals surface area contributed by atoms with Gasteiger partial charge in [-0.05, 0) is 24.3 Å². The maximum absolute atomic E-state index is 11.5. The van der Waals surface area contributed by atoms with Crippen molar-refractivity contribution in [1.29, 1.82) is 0 Å². The first-order valence-electron chi connectivity index (χ1n) is 5.02. The molecule has 17 heavy (non-hydrogen) atoms. The van der Waals surface area contributed by atoms with Crippen LogP contribution in [-0.2, 0) is 4.74 Å². The van der Waals surface area contributed by atoms with Crippen molar-refractivity contribution in [1.82, 2.24) is 10.2 Å². The molecule has 5 nitrogen and oxygen atoms in total. The zero-order valence-corrected chi connectivity index (χ0v) is 9.56. The summed E-state index contributed by atoms with van der Waals surface area (Å²) in [5.74, 6) is 0.345. The predicted molar refractivity (Wildman–Crippen MR) is 61.9 cm³/mol. The number of benzene rings is 1. The Hall–Kier alpha value is -2.30. The first-order valence-corrected chi connectivity index (χ1v) is 5.02. The first kappa shape index (κ1) is 11.2. The molecule has 0 bridgehead atoms. The minimum absolute atomic E-state index is 0.412. The number of H-pyrrole nitrogens is 1. The van der Waals surface area contributed by atoms with E-state index in [1.807, 2.05) is 24.3 Å². The van der Waals surface area contributed by atoms with Gasteiger partial charge in [-0.15, -0.1) is 0 Å². The number of hydrogen-bond acceptors (Lipinski definition) is 4. The summed E-state index contributed by atoms with van der Waals surface area (Å²) in [5, 5.41) is 6.64. The van der Waals surface area contributed by atoms with Gasteiger partial charge >= 0.3 is 5.97 Å². The molecule has 2 aromatic rings. The monoisotopic (exact) mass is 232 g/mol. The number of carbonyl (C=O) groups is 1. The third-order valence-electron chi connectivity index (χ3n) is 2.42. The van der Waals surface area contributed by atoms with Crippen molar-refractivity contribution in [2.45, 2.75) is 0 Å². The number of aromatic amines is 1. The second-order valence-electron chi connectivity index (χ2n) is 3.38. The van der Waals surface area contributed by atoms with Gasteiger partial charge in [-0.3, -0.25) is 5.10 Å². The van der Waals surface area contributed by atoms with Crippen LogP contribution >= 0.6 is 0 Å². The molecule has 2 rings (SSSR count). The third-order valence-corrected chi connectivity index (χ3v) is 2.42. The Labute approximate surface area is 98.4 Å². The molecule has 1 N–H and O–H groups in total. The molecule has 1 aromatic heterocycles. The molecule has 0 fully saturated rings. The molecule has 0 amide bonds. The molecule has 0 unspecified atom stereocenters. The number of nitrogens with one attached hydrogen (secondary N) is 1. The van der Waals surface area contributed by atoms with Gasteiger partial charge in [-0.1, -0.05) is 0 Å². The average molecular weight is 232 g/mol. The van der Waals surface area contributed by atoms with E-state index >= 15 is 0 Å². The number of methoxy groups -OCH3 is 2. The topological polar surface area (TPSA) is 64.2 Å². The number of esters is 1. The molecule has 1 aromatic carbocycles. The van der Waals surface area contributed by atoms with Gasteiger partial charge < -0.3 is 9.47 Å². The largest absolute Gasteiger partial charge is 0.497 e. The highest BCUT2D eigenvalue weighted by Gasteiger charge is 2.15. The van der Waals surface area contributed by atoms with E-state index in [9.17, 15) is 4.79 Å². The summed E-state index contributed by atoms with van der Waals surface area (Å²) >= 11 is 0. The third kappa shape index (κ3) is 2.13.